The number of hydrazine groups is 1. The number of amides is 3. The number of aliphatic hydroxyl groups is 1. The molecule has 0 radical (unpaired) electrons. The highest BCUT2D eigenvalue weighted by Gasteiger charge is 2.38. The molecule has 274 valence electrons. The molecule has 0 aromatic heterocycles. The van der Waals surface area contributed by atoms with Crippen molar-refractivity contribution in [3.63, 3.8) is 0 Å². The molecule has 0 aliphatic rings. The monoisotopic (exact) mass is 704 g/mol. The molecule has 13 heteroatoms. The van der Waals surface area contributed by atoms with Crippen molar-refractivity contribution in [2.45, 2.75) is 104 Å². The van der Waals surface area contributed by atoms with Gasteiger partial charge in [-0.3, -0.25) is 19.9 Å². The molecule has 0 spiro atoms. The minimum Gasteiger partial charge on any atom is -0.497 e. The summed E-state index contributed by atoms with van der Waals surface area (Å²) in [6.45, 7) is 15.7. The predicted octanol–water partition coefficient (Wildman–Crippen LogP) is 4.87. The molecule has 0 aliphatic carbocycles. The molecule has 12 nitrogen and oxygen atoms in total. The first-order valence-electron chi connectivity index (χ1n) is 16.5. The van der Waals surface area contributed by atoms with Crippen LogP contribution in [-0.2, 0) is 30.8 Å². The topological polar surface area (TPSA) is 146 Å². The van der Waals surface area contributed by atoms with Crippen LogP contribution in [0.3, 0.4) is 0 Å². The van der Waals surface area contributed by atoms with Crippen LogP contribution in [0.4, 0.5) is 4.79 Å². The molecule has 3 amide bonds. The Morgan fingerprint density at radius 1 is 0.898 bits per heavy atom. The third-order valence-corrected chi connectivity index (χ3v) is 9.39. The standard InChI is InChI=1S/C36H56N4O8S/c1-25(2)23-39(49(45,46)29-19-17-28(47-11)18-20-29)24-31(41)30(21-27-15-13-12-14-16-27)40(32(42)22-35(4,5)6)37-33(43)26(3)38(10)34(44)48-36(7,8)9/h12-20,25-26,30-31,41H,21-24H2,1-11H3,(H,37,43)/t26-,30?,31-/m1/s1. The number of carbonyl (C=O) groups is 3. The van der Waals surface area contributed by atoms with Gasteiger partial charge in [-0.2, -0.15) is 4.31 Å². The maximum absolute atomic E-state index is 14.0. The van der Waals surface area contributed by atoms with E-state index in [1.54, 1.807) is 32.9 Å². The van der Waals surface area contributed by atoms with Crippen LogP contribution in [0.2, 0.25) is 0 Å². The first-order chi connectivity index (χ1) is 22.6. The van der Waals surface area contributed by atoms with Crippen LogP contribution in [0.15, 0.2) is 59.5 Å². The van der Waals surface area contributed by atoms with Crippen molar-refractivity contribution in [2.75, 3.05) is 27.2 Å². The normalized spacial score (nSPS) is 14.2. The quantitative estimate of drug-likeness (QED) is 0.265. The van der Waals surface area contributed by atoms with E-state index in [2.05, 4.69) is 5.43 Å². The summed E-state index contributed by atoms with van der Waals surface area (Å²) in [5.41, 5.74) is 2.15. The molecule has 2 N–H and O–H groups in total. The summed E-state index contributed by atoms with van der Waals surface area (Å²) >= 11 is 0. The highest BCUT2D eigenvalue weighted by Crippen LogP contribution is 2.25. The van der Waals surface area contributed by atoms with E-state index in [0.29, 0.717) is 5.75 Å². The minimum atomic E-state index is -4.10. The number of ether oxygens (including phenoxy) is 2. The summed E-state index contributed by atoms with van der Waals surface area (Å²) < 4.78 is 39.7. The van der Waals surface area contributed by atoms with Crippen LogP contribution in [0.5, 0.6) is 5.75 Å². The number of nitrogens with one attached hydrogen (secondary N) is 1. The summed E-state index contributed by atoms with van der Waals surface area (Å²) in [5, 5.41) is 13.1. The largest absolute Gasteiger partial charge is 0.497 e. The van der Waals surface area contributed by atoms with Crippen molar-refractivity contribution in [3.8, 4) is 5.75 Å². The Morgan fingerprint density at radius 2 is 1.47 bits per heavy atom. The van der Waals surface area contributed by atoms with Gasteiger partial charge in [-0.1, -0.05) is 65.0 Å². The van der Waals surface area contributed by atoms with Gasteiger partial charge in [0.15, 0.2) is 0 Å². The Morgan fingerprint density at radius 3 is 1.96 bits per heavy atom. The molecule has 0 saturated carbocycles. The predicted molar refractivity (Wildman–Crippen MR) is 189 cm³/mol. The first kappa shape index (κ1) is 41.5. The maximum atomic E-state index is 14.0. The van der Waals surface area contributed by atoms with Crippen LogP contribution >= 0.6 is 0 Å². The average molecular weight is 705 g/mol. The molecule has 0 bridgehead atoms. The van der Waals surface area contributed by atoms with Crippen molar-refractivity contribution in [2.24, 2.45) is 11.3 Å². The smallest absolute Gasteiger partial charge is 0.410 e. The van der Waals surface area contributed by atoms with Gasteiger partial charge in [0, 0.05) is 26.6 Å². The molecule has 2 rings (SSSR count). The van der Waals surface area contributed by atoms with Crippen LogP contribution in [0.1, 0.15) is 74.3 Å². The molecule has 0 heterocycles. The van der Waals surface area contributed by atoms with Crippen molar-refractivity contribution in [1.82, 2.24) is 19.6 Å². The zero-order valence-electron chi connectivity index (χ0n) is 30.9. The number of carbonyl (C=O) groups excluding carboxylic acids is 3. The van der Waals surface area contributed by atoms with Crippen LogP contribution < -0.4 is 10.2 Å². The Hall–Kier alpha value is -3.68. The number of rotatable bonds is 14. The number of hydrogen-bond acceptors (Lipinski definition) is 8. The number of hydrogen-bond donors (Lipinski definition) is 2. The van der Waals surface area contributed by atoms with Crippen LogP contribution in [0, 0.1) is 11.3 Å². The van der Waals surface area contributed by atoms with E-state index in [0.717, 1.165) is 15.5 Å². The van der Waals surface area contributed by atoms with Gasteiger partial charge in [0.25, 0.3) is 5.91 Å². The van der Waals surface area contributed by atoms with E-state index in [1.807, 2.05) is 65.0 Å². The highest BCUT2D eigenvalue weighted by molar-refractivity contribution is 7.89. The number of benzene rings is 2. The highest BCUT2D eigenvalue weighted by atomic mass is 32.2. The lowest BCUT2D eigenvalue weighted by molar-refractivity contribution is -0.151. The molecular weight excluding hydrogens is 648 g/mol. The summed E-state index contributed by atoms with van der Waals surface area (Å²) in [7, 11) is -1.19. The lowest BCUT2D eigenvalue weighted by Crippen LogP contribution is -2.62. The molecule has 2 aromatic carbocycles. The van der Waals surface area contributed by atoms with Crippen molar-refractivity contribution < 1.29 is 37.4 Å². The summed E-state index contributed by atoms with van der Waals surface area (Å²) in [6, 6.07) is 12.9. The van der Waals surface area contributed by atoms with Gasteiger partial charge in [-0.15, -0.1) is 0 Å². The Kier molecular flexibility index (Phi) is 14.7. The van der Waals surface area contributed by atoms with Gasteiger partial charge < -0.3 is 14.6 Å². The zero-order valence-corrected chi connectivity index (χ0v) is 31.7. The van der Waals surface area contributed by atoms with E-state index in [1.165, 1.54) is 37.5 Å². The molecule has 3 atom stereocenters. The SMILES string of the molecule is COc1ccc(S(=O)(=O)N(CC(C)C)C[C@@H](O)C(Cc2ccccc2)N(NC(=O)[C@@H](C)N(C)C(=O)OC(C)(C)C)C(=O)CC(C)(C)C)cc1. The van der Waals surface area contributed by atoms with E-state index < -0.39 is 57.1 Å². The summed E-state index contributed by atoms with van der Waals surface area (Å²) in [6.07, 6.45) is -2.08. The Balaban J connectivity index is 2.59. The fraction of sp³-hybridized carbons (Fsp3) is 0.583. The van der Waals surface area contributed by atoms with Crippen molar-refractivity contribution >= 4 is 27.9 Å². The van der Waals surface area contributed by atoms with Gasteiger partial charge in [0.05, 0.1) is 24.2 Å². The van der Waals surface area contributed by atoms with E-state index in [4.69, 9.17) is 9.47 Å². The number of sulfonamides is 1. The lowest BCUT2D eigenvalue weighted by Gasteiger charge is -2.39. The van der Waals surface area contributed by atoms with Crippen molar-refractivity contribution in [1.29, 1.82) is 0 Å². The second kappa shape index (κ2) is 17.3. The van der Waals surface area contributed by atoms with Gasteiger partial charge >= 0.3 is 6.09 Å². The molecule has 0 aliphatic heterocycles. The van der Waals surface area contributed by atoms with Gasteiger partial charge in [0.1, 0.15) is 17.4 Å². The number of nitrogens with zero attached hydrogens (tertiary/aromatic N) is 3. The van der Waals surface area contributed by atoms with Crippen LogP contribution in [0.25, 0.3) is 0 Å². The summed E-state index contributed by atoms with van der Waals surface area (Å²) in [5.74, 6) is -0.782. The number of aliphatic hydroxyl groups excluding tert-OH is 1. The lowest BCUT2D eigenvalue weighted by atomic mass is 9.91. The molecule has 0 saturated heterocycles. The number of methoxy groups -OCH3 is 1. The van der Waals surface area contributed by atoms with Gasteiger partial charge in [-0.25, -0.2) is 18.2 Å². The summed E-state index contributed by atoms with van der Waals surface area (Å²) in [4.78, 5) is 41.7. The molecule has 0 fully saturated rings. The maximum Gasteiger partial charge on any atom is 0.410 e. The van der Waals surface area contributed by atoms with Gasteiger partial charge in [-0.05, 0) is 75.3 Å². The average Bonchev–Trinajstić information content (AvgIpc) is 3.00. The van der Waals surface area contributed by atoms with E-state index in [-0.39, 0.29) is 36.7 Å². The molecule has 49 heavy (non-hydrogen) atoms. The van der Waals surface area contributed by atoms with E-state index >= 15 is 0 Å². The van der Waals surface area contributed by atoms with Crippen LogP contribution in [-0.4, -0.2) is 96.7 Å². The van der Waals surface area contributed by atoms with Crippen molar-refractivity contribution in [3.05, 3.63) is 60.2 Å². The first-order valence-corrected chi connectivity index (χ1v) is 17.9. The molecule has 1 unspecified atom stereocenters. The fourth-order valence-electron chi connectivity index (χ4n) is 4.91. The zero-order chi connectivity index (χ0) is 37.3. The fourth-order valence-corrected chi connectivity index (χ4v) is 6.53. The molecule has 2 aromatic rings. The second-order valence-corrected chi connectivity index (χ2v) is 16.9. The molecular formula is C36H56N4O8S. The van der Waals surface area contributed by atoms with Gasteiger partial charge in [0.2, 0.25) is 15.9 Å². The third-order valence-electron chi connectivity index (χ3n) is 7.54. The third kappa shape index (κ3) is 12.9. The Labute approximate surface area is 292 Å². The second-order valence-electron chi connectivity index (χ2n) is 15.0. The Bertz CT molecular complexity index is 1490. The van der Waals surface area contributed by atoms with E-state index in [9.17, 15) is 27.9 Å². The number of likely N-dealkylation sites (N-methyl/N-ethyl adjacent to an activating group) is 1. The minimum absolute atomic E-state index is 0.00142.